The molecule has 102 valence electrons. The maximum atomic E-state index is 14.0. The summed E-state index contributed by atoms with van der Waals surface area (Å²) in [7, 11) is 0. The number of nitrogens with zero attached hydrogens (tertiary/aromatic N) is 1. The second-order valence-corrected chi connectivity index (χ2v) is 6.68. The molecule has 1 aromatic rings. The van der Waals surface area contributed by atoms with E-state index in [4.69, 9.17) is 4.74 Å². The van der Waals surface area contributed by atoms with Crippen molar-refractivity contribution < 1.29 is 13.9 Å². The van der Waals surface area contributed by atoms with Gasteiger partial charge in [0.05, 0.1) is 9.97 Å². The number of benzene rings is 1. The van der Waals surface area contributed by atoms with Crippen LogP contribution < -0.4 is 0 Å². The number of piperidine rings is 1. The fourth-order valence-corrected chi connectivity index (χ4v) is 4.16. The molecule has 19 heavy (non-hydrogen) atoms. The highest BCUT2D eigenvalue weighted by Gasteiger charge is 2.68. The standard InChI is InChI=1S/C14H15FINO2/c1-14(15)10-7-17(11(10)12(14)16)13(18)19-8-9-5-3-2-4-6-9/h2-6,10-12H,7-8H2,1H3. The lowest BCUT2D eigenvalue weighted by Crippen LogP contribution is -2.80. The number of amides is 1. The predicted octanol–water partition coefficient (Wildman–Crippen LogP) is 3.17. The molecule has 1 saturated carbocycles. The van der Waals surface area contributed by atoms with Crippen molar-refractivity contribution >= 4 is 28.7 Å². The SMILES string of the molecule is CC1(F)C(I)C2C1CN2C(=O)OCc1ccccc1. The highest BCUT2D eigenvalue weighted by atomic mass is 127. The summed E-state index contributed by atoms with van der Waals surface area (Å²) in [5.74, 6) is -0.0151. The van der Waals surface area contributed by atoms with Gasteiger partial charge in [0, 0.05) is 12.5 Å². The van der Waals surface area contributed by atoms with Gasteiger partial charge in [-0.15, -0.1) is 0 Å². The molecule has 0 bridgehead atoms. The smallest absolute Gasteiger partial charge is 0.410 e. The van der Waals surface area contributed by atoms with Gasteiger partial charge >= 0.3 is 6.09 Å². The minimum absolute atomic E-state index is 0.0128. The molecule has 5 heteroatoms. The van der Waals surface area contributed by atoms with E-state index in [1.807, 2.05) is 30.3 Å². The van der Waals surface area contributed by atoms with Gasteiger partial charge < -0.3 is 9.64 Å². The highest BCUT2D eigenvalue weighted by Crippen LogP contribution is 2.55. The predicted molar refractivity (Wildman–Crippen MR) is 77.9 cm³/mol. The van der Waals surface area contributed by atoms with Gasteiger partial charge in [-0.25, -0.2) is 9.18 Å². The first-order valence-corrected chi connectivity index (χ1v) is 7.56. The third kappa shape index (κ3) is 2.02. The number of likely N-dealkylation sites (tertiary alicyclic amines) is 1. The first-order chi connectivity index (χ1) is 9.01. The fourth-order valence-electron chi connectivity index (χ4n) is 2.81. The number of carbonyl (C=O) groups is 1. The molecule has 1 aliphatic heterocycles. The molecule has 1 aliphatic carbocycles. The third-order valence-corrected chi connectivity index (χ3v) is 6.12. The van der Waals surface area contributed by atoms with Crippen molar-refractivity contribution in [1.29, 1.82) is 0 Å². The summed E-state index contributed by atoms with van der Waals surface area (Å²) < 4.78 is 19.1. The summed E-state index contributed by atoms with van der Waals surface area (Å²) in [5.41, 5.74) is -0.176. The molecule has 3 nitrogen and oxygen atoms in total. The monoisotopic (exact) mass is 375 g/mol. The molecule has 0 radical (unpaired) electrons. The average molecular weight is 375 g/mol. The fraction of sp³-hybridized carbons (Fsp3) is 0.500. The van der Waals surface area contributed by atoms with Crippen LogP contribution in [0, 0.1) is 5.92 Å². The number of alkyl halides is 2. The number of hydrogen-bond acceptors (Lipinski definition) is 2. The Morgan fingerprint density at radius 1 is 1.53 bits per heavy atom. The molecule has 4 atom stereocenters. The van der Waals surface area contributed by atoms with Gasteiger partial charge in [-0.2, -0.15) is 0 Å². The Bertz CT molecular complexity index is 485. The summed E-state index contributed by atoms with van der Waals surface area (Å²) in [4.78, 5) is 13.6. The summed E-state index contributed by atoms with van der Waals surface area (Å²) in [6, 6.07) is 9.57. The van der Waals surface area contributed by atoms with Crippen LogP contribution >= 0.6 is 22.6 Å². The van der Waals surface area contributed by atoms with Gasteiger partial charge in [-0.3, -0.25) is 0 Å². The van der Waals surface area contributed by atoms with E-state index in [2.05, 4.69) is 22.6 Å². The van der Waals surface area contributed by atoms with Crippen LogP contribution in [-0.4, -0.2) is 33.2 Å². The van der Waals surface area contributed by atoms with E-state index in [0.29, 0.717) is 6.54 Å². The van der Waals surface area contributed by atoms with Gasteiger partial charge in [-0.05, 0) is 12.5 Å². The number of halogens is 2. The molecule has 2 aliphatic rings. The van der Waals surface area contributed by atoms with E-state index in [-0.39, 0.29) is 28.6 Å². The molecule has 4 unspecified atom stereocenters. The van der Waals surface area contributed by atoms with E-state index in [1.165, 1.54) is 0 Å². The van der Waals surface area contributed by atoms with E-state index >= 15 is 0 Å². The summed E-state index contributed by atoms with van der Waals surface area (Å²) in [6.45, 7) is 2.37. The molecule has 2 fully saturated rings. The minimum atomic E-state index is -1.14. The molecule has 1 heterocycles. The maximum absolute atomic E-state index is 14.0. The van der Waals surface area contributed by atoms with Crippen LogP contribution in [-0.2, 0) is 11.3 Å². The van der Waals surface area contributed by atoms with Crippen LogP contribution in [0.2, 0.25) is 0 Å². The first-order valence-electron chi connectivity index (χ1n) is 6.32. The van der Waals surface area contributed by atoms with Gasteiger partial charge in [0.2, 0.25) is 0 Å². The quantitative estimate of drug-likeness (QED) is 0.587. The average Bonchev–Trinajstić information content (AvgIpc) is 2.36. The minimum Gasteiger partial charge on any atom is -0.445 e. The van der Waals surface area contributed by atoms with Crippen LogP contribution in [0.5, 0.6) is 0 Å². The molecular formula is C14H15FINO2. The normalized spacial score (nSPS) is 35.9. The third-order valence-electron chi connectivity index (χ3n) is 4.17. The van der Waals surface area contributed by atoms with Gasteiger partial charge in [0.15, 0.2) is 0 Å². The summed E-state index contributed by atoms with van der Waals surface area (Å²) >= 11 is 2.09. The topological polar surface area (TPSA) is 29.5 Å². The zero-order valence-corrected chi connectivity index (χ0v) is 12.7. The van der Waals surface area contributed by atoms with Crippen LogP contribution in [0.4, 0.5) is 9.18 Å². The lowest BCUT2D eigenvalue weighted by molar-refractivity contribution is -0.146. The maximum Gasteiger partial charge on any atom is 0.410 e. The molecule has 0 spiro atoms. The zero-order valence-electron chi connectivity index (χ0n) is 10.6. The number of rotatable bonds is 2. The van der Waals surface area contributed by atoms with Crippen LogP contribution in [0.1, 0.15) is 12.5 Å². The largest absolute Gasteiger partial charge is 0.445 e. The Morgan fingerprint density at radius 2 is 2.21 bits per heavy atom. The lowest BCUT2D eigenvalue weighted by atomic mass is 9.61. The van der Waals surface area contributed by atoms with Crippen molar-refractivity contribution in [3.8, 4) is 0 Å². The Kier molecular flexibility index (Phi) is 3.19. The second kappa shape index (κ2) is 4.61. The van der Waals surface area contributed by atoms with Gasteiger partial charge in [0.25, 0.3) is 0 Å². The van der Waals surface area contributed by atoms with E-state index in [9.17, 15) is 9.18 Å². The number of fused-ring (bicyclic) bond motifs is 1. The highest BCUT2D eigenvalue weighted by molar-refractivity contribution is 14.1. The van der Waals surface area contributed by atoms with Crippen LogP contribution in [0.15, 0.2) is 30.3 Å². The first kappa shape index (κ1) is 13.1. The molecule has 0 aromatic heterocycles. The Hall–Kier alpha value is -0.850. The molecule has 1 amide bonds. The van der Waals surface area contributed by atoms with E-state index in [0.717, 1.165) is 5.56 Å². The number of carbonyl (C=O) groups excluding carboxylic acids is 1. The van der Waals surface area contributed by atoms with Gasteiger partial charge in [0.1, 0.15) is 12.3 Å². The van der Waals surface area contributed by atoms with Crippen molar-refractivity contribution in [2.45, 2.75) is 29.2 Å². The molecule has 3 rings (SSSR count). The van der Waals surface area contributed by atoms with Crippen molar-refractivity contribution in [2.24, 2.45) is 5.92 Å². The Balaban J connectivity index is 1.54. The van der Waals surface area contributed by atoms with Gasteiger partial charge in [-0.1, -0.05) is 52.9 Å². The Labute approximate surface area is 125 Å². The molecule has 1 aromatic carbocycles. The van der Waals surface area contributed by atoms with Crippen molar-refractivity contribution in [2.75, 3.05) is 6.54 Å². The molecular weight excluding hydrogens is 360 g/mol. The number of ether oxygens (including phenoxy) is 1. The number of hydrogen-bond donors (Lipinski definition) is 0. The van der Waals surface area contributed by atoms with Crippen molar-refractivity contribution in [3.63, 3.8) is 0 Å². The van der Waals surface area contributed by atoms with Crippen molar-refractivity contribution in [3.05, 3.63) is 35.9 Å². The molecule has 1 saturated heterocycles. The van der Waals surface area contributed by atoms with Crippen LogP contribution in [0.3, 0.4) is 0 Å². The van der Waals surface area contributed by atoms with E-state index < -0.39 is 5.67 Å². The summed E-state index contributed by atoms with van der Waals surface area (Å²) in [5, 5.41) is 0. The summed E-state index contributed by atoms with van der Waals surface area (Å²) in [6.07, 6.45) is -0.331. The second-order valence-electron chi connectivity index (χ2n) is 5.34. The van der Waals surface area contributed by atoms with E-state index in [1.54, 1.807) is 11.8 Å². The Morgan fingerprint density at radius 3 is 2.84 bits per heavy atom. The lowest BCUT2D eigenvalue weighted by Gasteiger charge is -2.64. The zero-order chi connectivity index (χ0) is 13.6. The molecule has 0 N–H and O–H groups in total. The van der Waals surface area contributed by atoms with Crippen molar-refractivity contribution in [1.82, 2.24) is 4.90 Å². The van der Waals surface area contributed by atoms with Crippen LogP contribution in [0.25, 0.3) is 0 Å².